The summed E-state index contributed by atoms with van der Waals surface area (Å²) < 4.78 is 0. The highest BCUT2D eigenvalue weighted by molar-refractivity contribution is 5.14. The fourth-order valence-electron chi connectivity index (χ4n) is 0.819. The van der Waals surface area contributed by atoms with E-state index in [1.54, 1.807) is 0 Å². The van der Waals surface area contributed by atoms with Gasteiger partial charge in [-0.05, 0) is 12.0 Å². The molecule has 2 nitrogen and oxygen atoms in total. The number of rotatable bonds is 3. The van der Waals surface area contributed by atoms with Gasteiger partial charge in [0.25, 0.3) is 0 Å². The fourth-order valence-corrected chi connectivity index (χ4v) is 0.819. The second kappa shape index (κ2) is 3.77. The largest absolute Gasteiger partial charge is 0.151 e. The van der Waals surface area contributed by atoms with Crippen LogP contribution < -0.4 is 0 Å². The standard InChI is InChI=1S/C8H9NO/c10-9-7-6-8-4-2-1-3-5-8/h1-5H,6-7H2. The highest BCUT2D eigenvalue weighted by atomic mass is 16.3. The zero-order valence-corrected chi connectivity index (χ0v) is 5.66. The van der Waals surface area contributed by atoms with E-state index in [0.29, 0.717) is 6.54 Å². The Morgan fingerprint density at radius 2 is 1.90 bits per heavy atom. The molecule has 0 radical (unpaired) electrons. The van der Waals surface area contributed by atoms with Gasteiger partial charge in [0.05, 0.1) is 6.54 Å². The number of nitroso groups, excluding NO2 is 1. The van der Waals surface area contributed by atoms with E-state index in [1.807, 2.05) is 30.3 Å². The normalized spacial score (nSPS) is 9.20. The van der Waals surface area contributed by atoms with Crippen molar-refractivity contribution in [2.45, 2.75) is 6.42 Å². The van der Waals surface area contributed by atoms with Gasteiger partial charge in [-0.3, -0.25) is 0 Å². The Morgan fingerprint density at radius 3 is 2.50 bits per heavy atom. The summed E-state index contributed by atoms with van der Waals surface area (Å²) in [5.41, 5.74) is 1.17. The Kier molecular flexibility index (Phi) is 2.62. The Hall–Kier alpha value is -1.18. The van der Waals surface area contributed by atoms with E-state index < -0.39 is 0 Å². The molecule has 0 amide bonds. The van der Waals surface area contributed by atoms with Crippen molar-refractivity contribution in [3.05, 3.63) is 40.8 Å². The molecule has 0 aliphatic rings. The SMILES string of the molecule is O=NCCc1ccccc1. The maximum absolute atomic E-state index is 9.73. The van der Waals surface area contributed by atoms with Gasteiger partial charge >= 0.3 is 0 Å². The van der Waals surface area contributed by atoms with Crippen LogP contribution in [0.3, 0.4) is 0 Å². The zero-order valence-electron chi connectivity index (χ0n) is 5.66. The molecule has 52 valence electrons. The van der Waals surface area contributed by atoms with Crippen LogP contribution in [0.25, 0.3) is 0 Å². The first-order valence-corrected chi connectivity index (χ1v) is 3.26. The zero-order chi connectivity index (χ0) is 7.23. The molecule has 0 aromatic heterocycles. The van der Waals surface area contributed by atoms with Crippen molar-refractivity contribution in [1.29, 1.82) is 0 Å². The van der Waals surface area contributed by atoms with Crippen molar-refractivity contribution in [2.75, 3.05) is 6.54 Å². The third-order valence-corrected chi connectivity index (χ3v) is 1.33. The van der Waals surface area contributed by atoms with Crippen LogP contribution in [0.15, 0.2) is 35.5 Å². The quantitative estimate of drug-likeness (QED) is 0.583. The highest BCUT2D eigenvalue weighted by Gasteiger charge is 1.88. The first-order valence-electron chi connectivity index (χ1n) is 3.26. The van der Waals surface area contributed by atoms with Gasteiger partial charge in [0.1, 0.15) is 0 Å². The van der Waals surface area contributed by atoms with Crippen LogP contribution >= 0.6 is 0 Å². The summed E-state index contributed by atoms with van der Waals surface area (Å²) in [4.78, 5) is 9.73. The molecular weight excluding hydrogens is 126 g/mol. The van der Waals surface area contributed by atoms with Crippen molar-refractivity contribution in [1.82, 2.24) is 0 Å². The second-order valence-corrected chi connectivity index (χ2v) is 2.09. The van der Waals surface area contributed by atoms with Crippen molar-refractivity contribution >= 4 is 0 Å². The Labute approximate surface area is 59.9 Å². The minimum absolute atomic E-state index is 0.379. The van der Waals surface area contributed by atoms with Crippen molar-refractivity contribution < 1.29 is 0 Å². The summed E-state index contributed by atoms with van der Waals surface area (Å²) in [7, 11) is 0. The maximum Gasteiger partial charge on any atom is 0.0851 e. The molecule has 0 aliphatic carbocycles. The molecule has 0 heterocycles. The molecule has 0 N–H and O–H groups in total. The van der Waals surface area contributed by atoms with Crippen LogP contribution in [0.4, 0.5) is 0 Å². The summed E-state index contributed by atoms with van der Waals surface area (Å²) in [6.45, 7) is 0.379. The maximum atomic E-state index is 9.73. The Bertz CT molecular complexity index is 196. The van der Waals surface area contributed by atoms with Crippen molar-refractivity contribution in [3.8, 4) is 0 Å². The number of benzene rings is 1. The molecule has 1 aromatic carbocycles. The van der Waals surface area contributed by atoms with Crippen LogP contribution in [0.2, 0.25) is 0 Å². The molecule has 10 heavy (non-hydrogen) atoms. The summed E-state index contributed by atoms with van der Waals surface area (Å²) in [5, 5.41) is 2.78. The Balaban J connectivity index is 2.50. The smallest absolute Gasteiger partial charge is 0.0851 e. The monoisotopic (exact) mass is 135 g/mol. The lowest BCUT2D eigenvalue weighted by atomic mass is 10.2. The lowest BCUT2D eigenvalue weighted by molar-refractivity contribution is 0.960. The van der Waals surface area contributed by atoms with Crippen LogP contribution in [0, 0.1) is 4.91 Å². The molecule has 0 spiro atoms. The highest BCUT2D eigenvalue weighted by Crippen LogP contribution is 1.98. The summed E-state index contributed by atoms with van der Waals surface area (Å²) >= 11 is 0. The van der Waals surface area contributed by atoms with Gasteiger partial charge in [-0.25, -0.2) is 0 Å². The molecule has 2 heteroatoms. The minimum atomic E-state index is 0.379. The van der Waals surface area contributed by atoms with Gasteiger partial charge in [0.15, 0.2) is 0 Å². The van der Waals surface area contributed by atoms with Crippen LogP contribution in [0.5, 0.6) is 0 Å². The van der Waals surface area contributed by atoms with E-state index in [2.05, 4.69) is 5.18 Å². The van der Waals surface area contributed by atoms with Crippen molar-refractivity contribution in [3.63, 3.8) is 0 Å². The summed E-state index contributed by atoms with van der Waals surface area (Å²) in [6, 6.07) is 9.86. The van der Waals surface area contributed by atoms with Gasteiger partial charge in [-0.1, -0.05) is 35.5 Å². The molecule has 0 unspecified atom stereocenters. The van der Waals surface area contributed by atoms with E-state index >= 15 is 0 Å². The van der Waals surface area contributed by atoms with E-state index in [0.717, 1.165) is 6.42 Å². The first-order chi connectivity index (χ1) is 4.93. The van der Waals surface area contributed by atoms with Gasteiger partial charge in [0, 0.05) is 0 Å². The van der Waals surface area contributed by atoms with E-state index in [4.69, 9.17) is 0 Å². The molecule has 1 rings (SSSR count). The molecule has 0 saturated heterocycles. The fraction of sp³-hybridized carbons (Fsp3) is 0.250. The molecule has 0 atom stereocenters. The second-order valence-electron chi connectivity index (χ2n) is 2.09. The lowest BCUT2D eigenvalue weighted by Crippen LogP contribution is -1.86. The van der Waals surface area contributed by atoms with E-state index in [1.165, 1.54) is 5.56 Å². The van der Waals surface area contributed by atoms with Gasteiger partial charge in [-0.2, -0.15) is 4.91 Å². The van der Waals surface area contributed by atoms with Gasteiger partial charge in [0.2, 0.25) is 0 Å². The number of hydrogen-bond donors (Lipinski definition) is 0. The molecule has 0 bridgehead atoms. The predicted molar refractivity (Wildman–Crippen MR) is 40.8 cm³/mol. The first kappa shape index (κ1) is 6.93. The molecule has 0 saturated carbocycles. The molecule has 1 aromatic rings. The summed E-state index contributed by atoms with van der Waals surface area (Å²) in [6.07, 6.45) is 0.754. The minimum Gasteiger partial charge on any atom is -0.151 e. The van der Waals surface area contributed by atoms with Crippen molar-refractivity contribution in [2.24, 2.45) is 5.18 Å². The average Bonchev–Trinajstić information content (AvgIpc) is 2.03. The van der Waals surface area contributed by atoms with Crippen LogP contribution in [0.1, 0.15) is 5.56 Å². The van der Waals surface area contributed by atoms with Gasteiger partial charge < -0.3 is 0 Å². The lowest BCUT2D eigenvalue weighted by Gasteiger charge is -1.92. The van der Waals surface area contributed by atoms with E-state index in [-0.39, 0.29) is 0 Å². The van der Waals surface area contributed by atoms with Crippen LogP contribution in [-0.4, -0.2) is 6.54 Å². The van der Waals surface area contributed by atoms with Gasteiger partial charge in [-0.15, -0.1) is 0 Å². The predicted octanol–water partition coefficient (Wildman–Crippen LogP) is 2.00. The third kappa shape index (κ3) is 1.97. The van der Waals surface area contributed by atoms with Crippen LogP contribution in [-0.2, 0) is 6.42 Å². The summed E-state index contributed by atoms with van der Waals surface area (Å²) in [5.74, 6) is 0. The number of nitrogens with zero attached hydrogens (tertiary/aromatic N) is 1. The average molecular weight is 135 g/mol. The molecule has 0 aliphatic heterocycles. The molecule has 0 fully saturated rings. The Morgan fingerprint density at radius 1 is 1.20 bits per heavy atom. The van der Waals surface area contributed by atoms with E-state index in [9.17, 15) is 4.91 Å². The topological polar surface area (TPSA) is 29.4 Å². The third-order valence-electron chi connectivity index (χ3n) is 1.33. The molecular formula is C8H9NO. The number of hydrogen-bond acceptors (Lipinski definition) is 2.